The Bertz CT molecular complexity index is 877. The van der Waals surface area contributed by atoms with Gasteiger partial charge in [0.05, 0.1) is 16.8 Å². The van der Waals surface area contributed by atoms with E-state index >= 15 is 0 Å². The van der Waals surface area contributed by atoms with Crippen molar-refractivity contribution in [1.29, 1.82) is 0 Å². The molecule has 1 saturated carbocycles. The molecule has 4 heterocycles. The first-order valence-electron chi connectivity index (χ1n) is 8.30. The maximum Gasteiger partial charge on any atom is 0.291 e. The van der Waals surface area contributed by atoms with E-state index in [4.69, 9.17) is 4.74 Å². The van der Waals surface area contributed by atoms with E-state index in [2.05, 4.69) is 45.3 Å². The van der Waals surface area contributed by atoms with Gasteiger partial charge in [-0.25, -0.2) is 9.98 Å². The normalized spacial score (nSPS) is 37.3. The first-order chi connectivity index (χ1) is 11.2. The van der Waals surface area contributed by atoms with Gasteiger partial charge < -0.3 is 4.74 Å². The molecule has 1 aliphatic carbocycles. The summed E-state index contributed by atoms with van der Waals surface area (Å²) in [7, 11) is 0. The second kappa shape index (κ2) is 3.87. The molecular weight excluding hydrogens is 308 g/mol. The minimum atomic E-state index is -0.0634. The molecule has 6 heteroatoms. The fourth-order valence-electron chi connectivity index (χ4n) is 4.79. The van der Waals surface area contributed by atoms with Crippen LogP contribution in [0.4, 0.5) is 5.13 Å². The predicted octanol–water partition coefficient (Wildman–Crippen LogP) is 2.62. The molecule has 3 aliphatic heterocycles. The van der Waals surface area contributed by atoms with E-state index < -0.39 is 0 Å². The number of thiazole rings is 1. The van der Waals surface area contributed by atoms with E-state index in [0.717, 1.165) is 23.7 Å². The smallest absolute Gasteiger partial charge is 0.291 e. The molecule has 6 rings (SSSR count). The number of benzene rings is 1. The van der Waals surface area contributed by atoms with Crippen molar-refractivity contribution in [2.75, 3.05) is 25.0 Å². The Morgan fingerprint density at radius 3 is 3.13 bits per heavy atom. The second-order valence-electron chi connectivity index (χ2n) is 7.44. The summed E-state index contributed by atoms with van der Waals surface area (Å²) in [6.07, 6.45) is 2.65. The van der Waals surface area contributed by atoms with Crippen LogP contribution in [0.25, 0.3) is 10.2 Å². The molecule has 23 heavy (non-hydrogen) atoms. The standard InChI is InChI=1S/C17H18N4OS/c1-10-2-3-11-12(6-10)23-15(19-11)20-14-18-8-17(22-14)9-21-5-4-16(21)7-13(16)17/h2-3,6,13H,4-5,7-9H2,1H3,(H,18,19,20). The predicted molar refractivity (Wildman–Crippen MR) is 91.1 cm³/mol. The van der Waals surface area contributed by atoms with Gasteiger partial charge in [-0.15, -0.1) is 0 Å². The van der Waals surface area contributed by atoms with Crippen LogP contribution in [0.3, 0.4) is 0 Å². The van der Waals surface area contributed by atoms with Crippen molar-refractivity contribution >= 4 is 32.7 Å². The number of piperidine rings is 1. The molecule has 5 nitrogen and oxygen atoms in total. The lowest BCUT2D eigenvalue weighted by Crippen LogP contribution is -2.49. The summed E-state index contributed by atoms with van der Waals surface area (Å²) < 4.78 is 7.53. The van der Waals surface area contributed by atoms with E-state index in [1.807, 2.05) is 0 Å². The molecule has 0 amide bonds. The Hall–Kier alpha value is -1.66. The lowest BCUT2D eigenvalue weighted by atomic mass is 9.98. The number of nitrogens with one attached hydrogen (secondary N) is 1. The van der Waals surface area contributed by atoms with E-state index in [-0.39, 0.29) is 5.60 Å². The van der Waals surface area contributed by atoms with Crippen LogP contribution in [0.5, 0.6) is 0 Å². The van der Waals surface area contributed by atoms with Crippen LogP contribution in [0.1, 0.15) is 18.4 Å². The molecule has 2 spiro atoms. The lowest BCUT2D eigenvalue weighted by Gasteiger charge is -2.39. The van der Waals surface area contributed by atoms with Crippen LogP contribution in [0.2, 0.25) is 0 Å². The third kappa shape index (κ3) is 1.55. The maximum absolute atomic E-state index is 6.33. The molecule has 1 aromatic carbocycles. The van der Waals surface area contributed by atoms with Crippen LogP contribution < -0.4 is 5.32 Å². The number of aliphatic imine (C=N–C) groups is 1. The molecule has 118 valence electrons. The maximum atomic E-state index is 6.33. The zero-order valence-electron chi connectivity index (χ0n) is 13.0. The van der Waals surface area contributed by atoms with Gasteiger partial charge in [0.1, 0.15) is 5.60 Å². The average molecular weight is 326 g/mol. The summed E-state index contributed by atoms with van der Waals surface area (Å²) in [5, 5.41) is 4.17. The Balaban J connectivity index is 1.24. The minimum Gasteiger partial charge on any atom is -0.455 e. The molecule has 3 atom stereocenters. The van der Waals surface area contributed by atoms with Crippen molar-refractivity contribution in [3.63, 3.8) is 0 Å². The SMILES string of the molecule is Cc1ccc2nc(NC3=NCC4(CN5CCC56CC46)O3)sc2c1. The number of fused-ring (bicyclic) bond motifs is 2. The monoisotopic (exact) mass is 326 g/mol. The Morgan fingerprint density at radius 1 is 1.43 bits per heavy atom. The summed E-state index contributed by atoms with van der Waals surface area (Å²) in [5.74, 6) is 0.685. The zero-order chi connectivity index (χ0) is 15.2. The first-order valence-corrected chi connectivity index (χ1v) is 9.11. The summed E-state index contributed by atoms with van der Waals surface area (Å²) in [4.78, 5) is 11.9. The van der Waals surface area contributed by atoms with Crippen molar-refractivity contribution < 1.29 is 4.74 Å². The fourth-order valence-corrected chi connectivity index (χ4v) is 5.74. The Morgan fingerprint density at radius 2 is 2.39 bits per heavy atom. The van der Waals surface area contributed by atoms with Crippen molar-refractivity contribution in [1.82, 2.24) is 9.88 Å². The van der Waals surface area contributed by atoms with Crippen molar-refractivity contribution in [2.24, 2.45) is 10.9 Å². The van der Waals surface area contributed by atoms with E-state index in [9.17, 15) is 0 Å². The number of hydrogen-bond acceptors (Lipinski definition) is 6. The van der Waals surface area contributed by atoms with Gasteiger partial charge in [0.25, 0.3) is 6.02 Å². The molecule has 0 bridgehead atoms. The Labute approximate surface area is 138 Å². The van der Waals surface area contributed by atoms with Gasteiger partial charge in [-0.2, -0.15) is 0 Å². The molecule has 2 aromatic rings. The van der Waals surface area contributed by atoms with Gasteiger partial charge in [-0.1, -0.05) is 17.4 Å². The van der Waals surface area contributed by atoms with Crippen LogP contribution in [0.15, 0.2) is 23.2 Å². The van der Waals surface area contributed by atoms with Crippen molar-refractivity contribution in [3.8, 4) is 0 Å². The number of anilines is 1. The van der Waals surface area contributed by atoms with Crippen LogP contribution in [-0.4, -0.2) is 46.7 Å². The first kappa shape index (κ1) is 12.7. The summed E-state index contributed by atoms with van der Waals surface area (Å²) in [6, 6.07) is 7.00. The molecule has 4 aliphatic rings. The highest BCUT2D eigenvalue weighted by Crippen LogP contribution is 2.67. The summed E-state index contributed by atoms with van der Waals surface area (Å²) in [6.45, 7) is 5.19. The Kier molecular flexibility index (Phi) is 2.14. The van der Waals surface area contributed by atoms with Crippen LogP contribution in [-0.2, 0) is 4.74 Å². The molecule has 0 radical (unpaired) electrons. The van der Waals surface area contributed by atoms with Crippen LogP contribution >= 0.6 is 11.3 Å². The highest BCUT2D eigenvalue weighted by molar-refractivity contribution is 7.22. The highest BCUT2D eigenvalue weighted by Gasteiger charge is 2.77. The zero-order valence-corrected chi connectivity index (χ0v) is 13.8. The van der Waals surface area contributed by atoms with Gasteiger partial charge in [-0.3, -0.25) is 10.2 Å². The molecular formula is C17H18N4OS. The number of hydrogen-bond donors (Lipinski definition) is 1. The van der Waals surface area contributed by atoms with Gasteiger partial charge in [0, 0.05) is 24.5 Å². The van der Waals surface area contributed by atoms with E-state index in [1.165, 1.54) is 29.6 Å². The number of amidine groups is 1. The summed E-state index contributed by atoms with van der Waals surface area (Å²) >= 11 is 1.66. The minimum absolute atomic E-state index is 0.0634. The average Bonchev–Trinajstić information content (AvgIpc) is 2.97. The van der Waals surface area contributed by atoms with Gasteiger partial charge in [0.2, 0.25) is 0 Å². The van der Waals surface area contributed by atoms with Crippen molar-refractivity contribution in [2.45, 2.75) is 30.9 Å². The number of nitrogens with zero attached hydrogens (tertiary/aromatic N) is 3. The third-order valence-corrected chi connectivity index (χ3v) is 7.07. The molecule has 3 unspecified atom stereocenters. The second-order valence-corrected chi connectivity index (χ2v) is 8.47. The molecule has 3 fully saturated rings. The number of aromatic nitrogens is 1. The van der Waals surface area contributed by atoms with Gasteiger partial charge in [0.15, 0.2) is 5.13 Å². The largest absolute Gasteiger partial charge is 0.455 e. The van der Waals surface area contributed by atoms with Crippen molar-refractivity contribution in [3.05, 3.63) is 23.8 Å². The third-order valence-electron chi connectivity index (χ3n) is 6.13. The number of ether oxygens (including phenoxy) is 1. The summed E-state index contributed by atoms with van der Waals surface area (Å²) in [5.41, 5.74) is 2.72. The number of aryl methyl sites for hydroxylation is 1. The van der Waals surface area contributed by atoms with E-state index in [1.54, 1.807) is 11.3 Å². The quantitative estimate of drug-likeness (QED) is 0.875. The highest BCUT2D eigenvalue weighted by atomic mass is 32.1. The van der Waals surface area contributed by atoms with Gasteiger partial charge >= 0.3 is 0 Å². The van der Waals surface area contributed by atoms with E-state index in [0.29, 0.717) is 17.5 Å². The fraction of sp³-hybridized carbons (Fsp3) is 0.529. The molecule has 1 N–H and O–H groups in total. The topological polar surface area (TPSA) is 49.8 Å². The molecule has 1 aromatic heterocycles. The lowest BCUT2D eigenvalue weighted by molar-refractivity contribution is 0.0433. The van der Waals surface area contributed by atoms with Crippen LogP contribution in [0, 0.1) is 12.8 Å². The number of rotatable bonds is 1. The molecule has 2 saturated heterocycles. The van der Waals surface area contributed by atoms with Gasteiger partial charge in [-0.05, 0) is 37.5 Å².